The van der Waals surface area contributed by atoms with E-state index in [-0.39, 0.29) is 5.97 Å². The summed E-state index contributed by atoms with van der Waals surface area (Å²) < 4.78 is 10.4. The van der Waals surface area contributed by atoms with Gasteiger partial charge in [-0.2, -0.15) is 0 Å². The van der Waals surface area contributed by atoms with Gasteiger partial charge in [0, 0.05) is 6.04 Å². The van der Waals surface area contributed by atoms with Crippen molar-refractivity contribution >= 4 is 5.97 Å². The summed E-state index contributed by atoms with van der Waals surface area (Å²) in [6.45, 7) is 0.858. The van der Waals surface area contributed by atoms with E-state index in [1.807, 2.05) is 12.1 Å². The maximum Gasteiger partial charge on any atom is 0.316 e. The Morgan fingerprint density at radius 2 is 2.26 bits per heavy atom. The third-order valence-corrected chi connectivity index (χ3v) is 4.45. The van der Waals surface area contributed by atoms with Crippen LogP contribution in [0.2, 0.25) is 0 Å². The zero-order chi connectivity index (χ0) is 13.5. The zero-order valence-electron chi connectivity index (χ0n) is 11.4. The fourth-order valence-electron chi connectivity index (χ4n) is 3.54. The van der Waals surface area contributed by atoms with Crippen LogP contribution in [-0.2, 0) is 21.4 Å². The Kier molecular flexibility index (Phi) is 2.97. The van der Waals surface area contributed by atoms with Crippen molar-refractivity contribution in [2.24, 2.45) is 0 Å². The van der Waals surface area contributed by atoms with Crippen molar-refractivity contribution in [3.05, 3.63) is 29.3 Å². The molecule has 102 valence electrons. The molecule has 1 heterocycles. The molecule has 0 amide bonds. The number of esters is 1. The Hall–Kier alpha value is -1.55. The molecule has 1 aliphatic heterocycles. The van der Waals surface area contributed by atoms with Gasteiger partial charge < -0.3 is 14.8 Å². The van der Waals surface area contributed by atoms with Crippen LogP contribution in [0.3, 0.4) is 0 Å². The van der Waals surface area contributed by atoms with E-state index in [0.29, 0.717) is 6.04 Å². The first-order valence-electron chi connectivity index (χ1n) is 6.69. The Morgan fingerprint density at radius 1 is 1.42 bits per heavy atom. The number of benzene rings is 1. The van der Waals surface area contributed by atoms with Gasteiger partial charge in [0.05, 0.1) is 19.6 Å². The van der Waals surface area contributed by atoms with Gasteiger partial charge in [0.2, 0.25) is 0 Å². The van der Waals surface area contributed by atoms with Gasteiger partial charge in [-0.05, 0) is 49.1 Å². The minimum Gasteiger partial charge on any atom is -0.497 e. The first-order valence-corrected chi connectivity index (χ1v) is 6.69. The SMILES string of the molecule is COC(=O)C12CCNC(Cc3ccc(OC)cc31)C2. The normalized spacial score (nSPS) is 28.4. The fraction of sp³-hybridized carbons (Fsp3) is 0.533. The van der Waals surface area contributed by atoms with E-state index in [4.69, 9.17) is 9.47 Å². The lowest BCUT2D eigenvalue weighted by atomic mass is 9.64. The van der Waals surface area contributed by atoms with Crippen molar-refractivity contribution in [1.29, 1.82) is 0 Å². The first kappa shape index (κ1) is 12.5. The predicted molar refractivity (Wildman–Crippen MR) is 71.4 cm³/mol. The maximum atomic E-state index is 12.4. The number of hydrogen-bond donors (Lipinski definition) is 1. The number of piperidine rings is 1. The van der Waals surface area contributed by atoms with Crippen LogP contribution in [0.15, 0.2) is 18.2 Å². The summed E-state index contributed by atoms with van der Waals surface area (Å²) in [6, 6.07) is 6.41. The molecule has 0 saturated carbocycles. The van der Waals surface area contributed by atoms with E-state index in [1.54, 1.807) is 7.11 Å². The molecule has 0 radical (unpaired) electrons. The molecule has 2 bridgehead atoms. The van der Waals surface area contributed by atoms with E-state index in [0.717, 1.165) is 37.1 Å². The number of carbonyl (C=O) groups is 1. The monoisotopic (exact) mass is 261 g/mol. The van der Waals surface area contributed by atoms with Crippen LogP contribution in [0.1, 0.15) is 24.0 Å². The highest BCUT2D eigenvalue weighted by atomic mass is 16.5. The largest absolute Gasteiger partial charge is 0.497 e. The Balaban J connectivity index is 2.15. The van der Waals surface area contributed by atoms with Gasteiger partial charge in [-0.25, -0.2) is 0 Å². The standard InChI is InChI=1S/C15H19NO3/c1-18-12-4-3-10-7-11-9-15(5-6-16-11,13(10)8-12)14(17)19-2/h3-4,8,11,16H,5-7,9H2,1-2H3. The van der Waals surface area contributed by atoms with Gasteiger partial charge in [-0.3, -0.25) is 4.79 Å². The van der Waals surface area contributed by atoms with Gasteiger partial charge in [-0.1, -0.05) is 6.07 Å². The second-order valence-corrected chi connectivity index (χ2v) is 5.41. The number of ether oxygens (including phenoxy) is 2. The third kappa shape index (κ3) is 1.82. The number of nitrogens with one attached hydrogen (secondary N) is 1. The maximum absolute atomic E-state index is 12.4. The molecular formula is C15H19NO3. The van der Waals surface area contributed by atoms with Crippen LogP contribution in [0.5, 0.6) is 5.75 Å². The molecule has 4 heteroatoms. The van der Waals surface area contributed by atoms with Crippen LogP contribution < -0.4 is 10.1 Å². The lowest BCUT2D eigenvalue weighted by Crippen LogP contribution is -2.54. The van der Waals surface area contributed by atoms with Crippen molar-refractivity contribution in [2.75, 3.05) is 20.8 Å². The van der Waals surface area contributed by atoms with E-state index in [2.05, 4.69) is 11.4 Å². The van der Waals surface area contributed by atoms with Gasteiger partial charge in [0.1, 0.15) is 5.75 Å². The quantitative estimate of drug-likeness (QED) is 0.818. The van der Waals surface area contributed by atoms with Gasteiger partial charge in [0.25, 0.3) is 0 Å². The summed E-state index contributed by atoms with van der Waals surface area (Å²) in [5.74, 6) is 0.687. The van der Waals surface area contributed by atoms with Gasteiger partial charge in [-0.15, -0.1) is 0 Å². The number of fused-ring (bicyclic) bond motifs is 4. The summed E-state index contributed by atoms with van der Waals surface area (Å²) in [7, 11) is 3.13. The summed E-state index contributed by atoms with van der Waals surface area (Å²) in [5, 5.41) is 3.48. The van der Waals surface area contributed by atoms with E-state index < -0.39 is 5.41 Å². The highest BCUT2D eigenvalue weighted by molar-refractivity contribution is 5.84. The molecule has 1 fully saturated rings. The predicted octanol–water partition coefficient (Wildman–Crippen LogP) is 1.41. The average Bonchev–Trinajstić information content (AvgIpc) is 2.46. The zero-order valence-corrected chi connectivity index (χ0v) is 11.4. The minimum absolute atomic E-state index is 0.117. The molecule has 19 heavy (non-hydrogen) atoms. The van der Waals surface area contributed by atoms with Gasteiger partial charge in [0.15, 0.2) is 0 Å². The third-order valence-electron chi connectivity index (χ3n) is 4.45. The van der Waals surface area contributed by atoms with Crippen molar-refractivity contribution in [3.8, 4) is 5.75 Å². The summed E-state index contributed by atoms with van der Waals surface area (Å²) in [5.41, 5.74) is 1.83. The lowest BCUT2D eigenvalue weighted by molar-refractivity contribution is -0.149. The van der Waals surface area contributed by atoms with Crippen LogP contribution in [0, 0.1) is 0 Å². The molecule has 0 spiro atoms. The first-order chi connectivity index (χ1) is 9.19. The number of carbonyl (C=O) groups excluding carboxylic acids is 1. The molecule has 1 aromatic rings. The molecule has 3 rings (SSSR count). The van der Waals surface area contributed by atoms with Crippen LogP contribution >= 0.6 is 0 Å². The molecule has 1 aliphatic carbocycles. The topological polar surface area (TPSA) is 47.6 Å². The van der Waals surface area contributed by atoms with E-state index >= 15 is 0 Å². The number of methoxy groups -OCH3 is 2. The molecule has 2 atom stereocenters. The van der Waals surface area contributed by atoms with Crippen molar-refractivity contribution in [1.82, 2.24) is 5.32 Å². The molecule has 2 aliphatic rings. The minimum atomic E-state index is -0.493. The second kappa shape index (κ2) is 4.53. The van der Waals surface area contributed by atoms with Crippen molar-refractivity contribution < 1.29 is 14.3 Å². The lowest BCUT2D eigenvalue weighted by Gasteiger charge is -2.44. The summed E-state index contributed by atoms with van der Waals surface area (Å²) in [4.78, 5) is 12.4. The number of rotatable bonds is 2. The molecule has 1 aromatic carbocycles. The highest BCUT2D eigenvalue weighted by Crippen LogP contribution is 2.44. The highest BCUT2D eigenvalue weighted by Gasteiger charge is 2.49. The summed E-state index contributed by atoms with van der Waals surface area (Å²) in [6.07, 6.45) is 2.58. The second-order valence-electron chi connectivity index (χ2n) is 5.41. The number of hydrogen-bond acceptors (Lipinski definition) is 4. The van der Waals surface area contributed by atoms with Crippen LogP contribution in [0.25, 0.3) is 0 Å². The molecule has 1 saturated heterocycles. The molecule has 4 nitrogen and oxygen atoms in total. The smallest absolute Gasteiger partial charge is 0.316 e. The van der Waals surface area contributed by atoms with Crippen molar-refractivity contribution in [2.45, 2.75) is 30.7 Å². The molecule has 1 N–H and O–H groups in total. The van der Waals surface area contributed by atoms with Crippen LogP contribution in [-0.4, -0.2) is 32.8 Å². The molecular weight excluding hydrogens is 242 g/mol. The van der Waals surface area contributed by atoms with E-state index in [9.17, 15) is 4.79 Å². The van der Waals surface area contributed by atoms with Gasteiger partial charge >= 0.3 is 5.97 Å². The molecule has 2 unspecified atom stereocenters. The van der Waals surface area contributed by atoms with E-state index in [1.165, 1.54) is 12.7 Å². The van der Waals surface area contributed by atoms with Crippen molar-refractivity contribution in [3.63, 3.8) is 0 Å². The molecule has 0 aromatic heterocycles. The van der Waals surface area contributed by atoms with Crippen LogP contribution in [0.4, 0.5) is 0 Å². The Bertz CT molecular complexity index is 514. The average molecular weight is 261 g/mol. The Labute approximate surface area is 113 Å². The fourth-order valence-corrected chi connectivity index (χ4v) is 3.54. The Morgan fingerprint density at radius 3 is 3.00 bits per heavy atom. The summed E-state index contributed by atoms with van der Waals surface area (Å²) >= 11 is 0.